The maximum absolute atomic E-state index is 10.4. The summed E-state index contributed by atoms with van der Waals surface area (Å²) in [6.07, 6.45) is 0. The Kier molecular flexibility index (Phi) is 5.77. The van der Waals surface area contributed by atoms with Gasteiger partial charge in [0.2, 0.25) is 5.95 Å². The van der Waals surface area contributed by atoms with Crippen molar-refractivity contribution in [3.8, 4) is 45.9 Å². The minimum atomic E-state index is 0.483. The molecule has 0 spiro atoms. The highest BCUT2D eigenvalue weighted by molar-refractivity contribution is 6.13. The van der Waals surface area contributed by atoms with E-state index in [1.165, 1.54) is 0 Å². The third kappa shape index (κ3) is 3.93. The summed E-state index contributed by atoms with van der Waals surface area (Å²) >= 11 is 0. The molecule has 3 aromatic heterocycles. The van der Waals surface area contributed by atoms with Gasteiger partial charge in [0, 0.05) is 32.7 Å². The van der Waals surface area contributed by atoms with Gasteiger partial charge in [0.25, 0.3) is 0 Å². The molecule has 9 aromatic rings. The van der Waals surface area contributed by atoms with E-state index in [-0.39, 0.29) is 0 Å². The fraction of sp³-hybridized carbons (Fsp3) is 0. The molecule has 3 heterocycles. The van der Waals surface area contributed by atoms with Crippen LogP contribution in [0.25, 0.3) is 83.6 Å². The van der Waals surface area contributed by atoms with Crippen molar-refractivity contribution in [3.05, 3.63) is 145 Å². The van der Waals surface area contributed by atoms with Crippen LogP contribution >= 0.6 is 0 Å². The van der Waals surface area contributed by atoms with Gasteiger partial charge in [-0.15, -0.1) is 0 Å². The first kappa shape index (κ1) is 25.9. The molecule has 214 valence electrons. The number of benzene rings is 6. The molecule has 0 N–H and O–H groups in total. The molecule has 0 fully saturated rings. The van der Waals surface area contributed by atoms with Crippen LogP contribution in [0.1, 0.15) is 5.56 Å². The van der Waals surface area contributed by atoms with Crippen LogP contribution in [0.2, 0.25) is 0 Å². The Balaban J connectivity index is 1.33. The van der Waals surface area contributed by atoms with Crippen molar-refractivity contribution in [2.45, 2.75) is 0 Å². The molecular formula is C40H23N5O. The van der Waals surface area contributed by atoms with Gasteiger partial charge in [0.1, 0.15) is 17.2 Å². The number of furan rings is 1. The Labute approximate surface area is 263 Å². The number of hydrogen-bond donors (Lipinski definition) is 0. The predicted octanol–water partition coefficient (Wildman–Crippen LogP) is 9.74. The fourth-order valence-corrected chi connectivity index (χ4v) is 6.48. The van der Waals surface area contributed by atoms with E-state index in [0.717, 1.165) is 54.8 Å². The summed E-state index contributed by atoms with van der Waals surface area (Å²) in [5.41, 5.74) is 7.30. The second-order valence-electron chi connectivity index (χ2n) is 11.1. The monoisotopic (exact) mass is 589 g/mol. The Bertz CT molecular complexity index is 2590. The van der Waals surface area contributed by atoms with Crippen LogP contribution in [0.4, 0.5) is 0 Å². The van der Waals surface area contributed by atoms with Crippen LogP contribution in [0, 0.1) is 11.3 Å². The minimum absolute atomic E-state index is 0.483. The zero-order chi connectivity index (χ0) is 30.6. The molecule has 0 bridgehead atoms. The molecule has 6 heteroatoms. The molecule has 0 aliphatic rings. The molecule has 6 aromatic carbocycles. The summed E-state index contributed by atoms with van der Waals surface area (Å²) in [5.74, 6) is 1.55. The van der Waals surface area contributed by atoms with Crippen molar-refractivity contribution in [1.29, 1.82) is 5.26 Å². The van der Waals surface area contributed by atoms with E-state index in [4.69, 9.17) is 19.4 Å². The van der Waals surface area contributed by atoms with Gasteiger partial charge in [0.15, 0.2) is 11.6 Å². The van der Waals surface area contributed by atoms with Crippen LogP contribution in [-0.4, -0.2) is 19.5 Å². The van der Waals surface area contributed by atoms with E-state index in [1.807, 2.05) is 115 Å². The fourth-order valence-electron chi connectivity index (χ4n) is 6.48. The highest BCUT2D eigenvalue weighted by atomic mass is 16.3. The van der Waals surface area contributed by atoms with E-state index < -0.39 is 0 Å². The van der Waals surface area contributed by atoms with E-state index in [2.05, 4.69) is 34.9 Å². The SMILES string of the molecule is N#Cc1c(-c2ccccc2)ccc2oc3c(-c4nc(-c5ccccc5)nc(-n5c6ccccc6c6ccccc65)n4)cccc3c12. The first-order valence-electron chi connectivity index (χ1n) is 15.0. The molecule has 46 heavy (non-hydrogen) atoms. The maximum atomic E-state index is 10.4. The van der Waals surface area contributed by atoms with Crippen molar-refractivity contribution in [2.24, 2.45) is 0 Å². The number of para-hydroxylation sites is 3. The second kappa shape index (κ2) is 10.3. The molecule has 6 nitrogen and oxygen atoms in total. The van der Waals surface area contributed by atoms with Crippen LogP contribution in [-0.2, 0) is 0 Å². The van der Waals surface area contributed by atoms with Gasteiger partial charge < -0.3 is 4.42 Å². The third-order valence-corrected chi connectivity index (χ3v) is 8.54. The summed E-state index contributed by atoms with van der Waals surface area (Å²) < 4.78 is 8.63. The molecule has 0 saturated carbocycles. The normalized spacial score (nSPS) is 11.5. The van der Waals surface area contributed by atoms with E-state index >= 15 is 0 Å². The summed E-state index contributed by atoms with van der Waals surface area (Å²) in [4.78, 5) is 15.2. The van der Waals surface area contributed by atoms with Crippen molar-refractivity contribution in [2.75, 3.05) is 0 Å². The van der Waals surface area contributed by atoms with Gasteiger partial charge in [-0.1, -0.05) is 109 Å². The number of fused-ring (bicyclic) bond motifs is 6. The standard InChI is InChI=1S/C40H23N5O/c41-24-32-27(25-12-3-1-4-13-25)22-23-35-36(32)30-18-11-19-31(37(30)46-35)39-42-38(26-14-5-2-6-15-26)43-40(44-39)45-33-20-9-7-16-28(33)29-17-8-10-21-34(29)45/h1-23H. The molecule has 0 unspecified atom stereocenters. The molecule has 0 aliphatic carbocycles. The van der Waals surface area contributed by atoms with Crippen molar-refractivity contribution < 1.29 is 4.42 Å². The largest absolute Gasteiger partial charge is 0.455 e. The molecular weight excluding hydrogens is 566 g/mol. The maximum Gasteiger partial charge on any atom is 0.238 e. The smallest absolute Gasteiger partial charge is 0.238 e. The van der Waals surface area contributed by atoms with Crippen molar-refractivity contribution in [3.63, 3.8) is 0 Å². The zero-order valence-electron chi connectivity index (χ0n) is 24.4. The van der Waals surface area contributed by atoms with Crippen LogP contribution in [0.3, 0.4) is 0 Å². The summed E-state index contributed by atoms with van der Waals surface area (Å²) in [5, 5.41) is 14.3. The second-order valence-corrected chi connectivity index (χ2v) is 11.1. The van der Waals surface area contributed by atoms with Gasteiger partial charge in [-0.05, 0) is 35.9 Å². The van der Waals surface area contributed by atoms with E-state index in [9.17, 15) is 5.26 Å². The Morgan fingerprint density at radius 3 is 1.83 bits per heavy atom. The van der Waals surface area contributed by atoms with Crippen molar-refractivity contribution in [1.82, 2.24) is 19.5 Å². The molecule has 0 atom stereocenters. The number of rotatable bonds is 4. The van der Waals surface area contributed by atoms with Crippen LogP contribution in [0.15, 0.2) is 144 Å². The lowest BCUT2D eigenvalue weighted by Gasteiger charge is -2.11. The van der Waals surface area contributed by atoms with Crippen LogP contribution in [0.5, 0.6) is 0 Å². The van der Waals surface area contributed by atoms with Crippen molar-refractivity contribution >= 4 is 43.7 Å². The highest BCUT2D eigenvalue weighted by Crippen LogP contribution is 2.40. The average Bonchev–Trinajstić information content (AvgIpc) is 3.68. The first-order chi connectivity index (χ1) is 22.8. The lowest BCUT2D eigenvalue weighted by atomic mass is 9.96. The number of nitrogens with zero attached hydrogens (tertiary/aromatic N) is 5. The third-order valence-electron chi connectivity index (χ3n) is 8.54. The Morgan fingerprint density at radius 2 is 1.13 bits per heavy atom. The summed E-state index contributed by atoms with van der Waals surface area (Å²) in [7, 11) is 0. The molecule has 0 amide bonds. The van der Waals surface area contributed by atoms with E-state index in [0.29, 0.717) is 34.3 Å². The predicted molar refractivity (Wildman–Crippen MR) is 182 cm³/mol. The Hall–Kier alpha value is -6.58. The molecule has 0 saturated heterocycles. The Morgan fingerprint density at radius 1 is 0.522 bits per heavy atom. The topological polar surface area (TPSA) is 80.5 Å². The van der Waals surface area contributed by atoms with Gasteiger partial charge in [0.05, 0.1) is 22.2 Å². The molecule has 9 rings (SSSR count). The lowest BCUT2D eigenvalue weighted by Crippen LogP contribution is -2.06. The first-order valence-corrected chi connectivity index (χ1v) is 15.0. The van der Waals surface area contributed by atoms with Crippen LogP contribution < -0.4 is 0 Å². The van der Waals surface area contributed by atoms with E-state index in [1.54, 1.807) is 0 Å². The zero-order valence-corrected chi connectivity index (χ0v) is 24.4. The summed E-state index contributed by atoms with van der Waals surface area (Å²) in [6, 6.07) is 48.8. The highest BCUT2D eigenvalue weighted by Gasteiger charge is 2.22. The van der Waals surface area contributed by atoms with Gasteiger partial charge in [-0.3, -0.25) is 4.57 Å². The number of hydrogen-bond acceptors (Lipinski definition) is 5. The number of aromatic nitrogens is 4. The van der Waals surface area contributed by atoms with Gasteiger partial charge in [-0.2, -0.15) is 15.2 Å². The average molecular weight is 590 g/mol. The minimum Gasteiger partial charge on any atom is -0.455 e. The molecule has 0 radical (unpaired) electrons. The summed E-state index contributed by atoms with van der Waals surface area (Å²) in [6.45, 7) is 0. The number of nitriles is 1. The van der Waals surface area contributed by atoms with Gasteiger partial charge in [-0.25, -0.2) is 4.98 Å². The molecule has 0 aliphatic heterocycles. The quantitative estimate of drug-likeness (QED) is 0.204. The van der Waals surface area contributed by atoms with Gasteiger partial charge >= 0.3 is 0 Å². The lowest BCUT2D eigenvalue weighted by molar-refractivity contribution is 0.669.